The van der Waals surface area contributed by atoms with Crippen molar-refractivity contribution in [1.29, 1.82) is 0 Å². The van der Waals surface area contributed by atoms with E-state index in [9.17, 15) is 4.79 Å². The quantitative estimate of drug-likeness (QED) is 0.537. The molecule has 1 N–H and O–H groups in total. The number of benzene rings is 1. The van der Waals surface area contributed by atoms with Crippen LogP contribution in [0.25, 0.3) is 10.2 Å². The van der Waals surface area contributed by atoms with Gasteiger partial charge in [0.25, 0.3) is 5.56 Å². The summed E-state index contributed by atoms with van der Waals surface area (Å²) in [6, 6.07) is 14.7. The zero-order valence-corrected chi connectivity index (χ0v) is 17.8. The summed E-state index contributed by atoms with van der Waals surface area (Å²) in [4.78, 5) is 24.3. The first-order chi connectivity index (χ1) is 14.7. The molecule has 0 amide bonds. The normalized spacial score (nSPS) is 16.0. The molecular formula is C24H24N4OS. The summed E-state index contributed by atoms with van der Waals surface area (Å²) in [5.41, 5.74) is 4.79. The zero-order chi connectivity index (χ0) is 20.5. The van der Waals surface area contributed by atoms with Gasteiger partial charge in [0.1, 0.15) is 4.83 Å². The number of fused-ring (bicyclic) bond motifs is 3. The van der Waals surface area contributed by atoms with Crippen molar-refractivity contribution in [1.82, 2.24) is 19.9 Å². The lowest BCUT2D eigenvalue weighted by Gasteiger charge is -2.23. The maximum Gasteiger partial charge on any atom is 0.262 e. The van der Waals surface area contributed by atoms with Gasteiger partial charge in [-0.15, -0.1) is 11.3 Å². The van der Waals surface area contributed by atoms with Gasteiger partial charge in [-0.2, -0.15) is 0 Å². The first kappa shape index (κ1) is 19.2. The molecule has 0 aliphatic heterocycles. The smallest absolute Gasteiger partial charge is 0.262 e. The van der Waals surface area contributed by atoms with Crippen LogP contribution in [0, 0.1) is 6.92 Å². The van der Waals surface area contributed by atoms with E-state index in [1.165, 1.54) is 21.6 Å². The lowest BCUT2D eigenvalue weighted by atomic mass is 9.93. The highest BCUT2D eigenvalue weighted by atomic mass is 32.1. The molecule has 0 fully saturated rings. The number of nitrogens with zero attached hydrogens (tertiary/aromatic N) is 3. The van der Waals surface area contributed by atoms with Gasteiger partial charge < -0.3 is 5.32 Å². The maximum atomic E-state index is 13.2. The summed E-state index contributed by atoms with van der Waals surface area (Å²) < 4.78 is 1.68. The number of hydrogen-bond acceptors (Lipinski definition) is 5. The van der Waals surface area contributed by atoms with Crippen molar-refractivity contribution in [3.63, 3.8) is 0 Å². The Bertz CT molecular complexity index is 1250. The lowest BCUT2D eigenvalue weighted by molar-refractivity contribution is 0.462. The molecule has 0 radical (unpaired) electrons. The van der Waals surface area contributed by atoms with Gasteiger partial charge in [0.15, 0.2) is 0 Å². The monoisotopic (exact) mass is 416 g/mol. The number of hydrogen-bond donors (Lipinski definition) is 1. The first-order valence-corrected chi connectivity index (χ1v) is 11.2. The third kappa shape index (κ3) is 3.68. The third-order valence-corrected chi connectivity index (χ3v) is 7.10. The van der Waals surface area contributed by atoms with E-state index in [4.69, 9.17) is 0 Å². The van der Waals surface area contributed by atoms with Gasteiger partial charge in [0, 0.05) is 23.7 Å². The van der Waals surface area contributed by atoms with Gasteiger partial charge in [-0.3, -0.25) is 14.3 Å². The summed E-state index contributed by atoms with van der Waals surface area (Å²) in [6.07, 6.45) is 6.34. The van der Waals surface area contributed by atoms with Gasteiger partial charge in [0.05, 0.1) is 24.0 Å². The van der Waals surface area contributed by atoms with E-state index in [1.54, 1.807) is 28.4 Å². The van der Waals surface area contributed by atoms with Crippen LogP contribution in [0.5, 0.6) is 0 Å². The van der Waals surface area contributed by atoms with Crippen LogP contribution >= 0.6 is 11.3 Å². The molecule has 152 valence electrons. The molecule has 30 heavy (non-hydrogen) atoms. The molecule has 0 spiro atoms. The van der Waals surface area contributed by atoms with Crippen LogP contribution in [0.15, 0.2) is 59.8 Å². The molecule has 1 aliphatic carbocycles. The van der Waals surface area contributed by atoms with Gasteiger partial charge in [-0.25, -0.2) is 4.98 Å². The highest BCUT2D eigenvalue weighted by Gasteiger charge is 2.25. The van der Waals surface area contributed by atoms with Crippen molar-refractivity contribution < 1.29 is 0 Å². The van der Waals surface area contributed by atoms with E-state index < -0.39 is 0 Å². The summed E-state index contributed by atoms with van der Waals surface area (Å²) >= 11 is 1.68. The molecular weight excluding hydrogens is 392 g/mol. The van der Waals surface area contributed by atoms with Gasteiger partial charge in [-0.05, 0) is 55.0 Å². The standard InChI is InChI=1S/C24H24N4OS/c1-16-6-2-3-7-17(16)13-26-18-9-10-20-21(12-18)30-23-22(20)24(29)28(15-27-23)14-19-8-4-5-11-25-19/h2-8,11,15,18,26H,9-10,12-14H2,1H3/t18-/m1/s1. The average Bonchev–Trinajstić information content (AvgIpc) is 3.14. The van der Waals surface area contributed by atoms with E-state index in [0.29, 0.717) is 12.6 Å². The van der Waals surface area contributed by atoms with Crippen molar-refractivity contribution in [3.8, 4) is 0 Å². The minimum Gasteiger partial charge on any atom is -0.310 e. The Morgan fingerprint density at radius 2 is 2.03 bits per heavy atom. The molecule has 4 aromatic rings. The fourth-order valence-corrected chi connectivity index (χ4v) is 5.47. The minimum absolute atomic E-state index is 0.0504. The Morgan fingerprint density at radius 1 is 1.17 bits per heavy atom. The lowest BCUT2D eigenvalue weighted by Crippen LogP contribution is -2.34. The fourth-order valence-electron chi connectivity index (χ4n) is 4.22. The van der Waals surface area contributed by atoms with Crippen LogP contribution in [0.3, 0.4) is 0 Å². The topological polar surface area (TPSA) is 59.8 Å². The molecule has 1 aliphatic rings. The minimum atomic E-state index is 0.0504. The van der Waals surface area contributed by atoms with E-state index in [-0.39, 0.29) is 5.56 Å². The Labute approximate surface area is 179 Å². The van der Waals surface area contributed by atoms with Crippen LogP contribution in [0.4, 0.5) is 0 Å². The molecule has 5 rings (SSSR count). The van der Waals surface area contributed by atoms with Crippen molar-refractivity contribution in [3.05, 3.63) is 92.6 Å². The summed E-state index contributed by atoms with van der Waals surface area (Å²) in [5, 5.41) is 4.53. The van der Waals surface area contributed by atoms with E-state index >= 15 is 0 Å². The van der Waals surface area contributed by atoms with Crippen LogP contribution in [-0.2, 0) is 25.9 Å². The first-order valence-electron chi connectivity index (χ1n) is 10.4. The Morgan fingerprint density at radius 3 is 2.87 bits per heavy atom. The van der Waals surface area contributed by atoms with Gasteiger partial charge in [0.2, 0.25) is 0 Å². The van der Waals surface area contributed by atoms with Crippen LogP contribution in [-0.4, -0.2) is 20.6 Å². The molecule has 0 saturated heterocycles. The molecule has 5 nitrogen and oxygen atoms in total. The molecule has 0 bridgehead atoms. The van der Waals surface area contributed by atoms with Crippen molar-refractivity contribution in [2.75, 3.05) is 0 Å². The van der Waals surface area contributed by atoms with E-state index in [1.807, 2.05) is 18.2 Å². The molecule has 3 heterocycles. The Balaban J connectivity index is 1.37. The SMILES string of the molecule is Cc1ccccc1CN[C@@H]1CCc2c(sc3ncn(Cc4ccccn4)c(=O)c23)C1. The second-order valence-electron chi connectivity index (χ2n) is 7.93. The van der Waals surface area contributed by atoms with E-state index in [2.05, 4.69) is 46.5 Å². The fraction of sp³-hybridized carbons (Fsp3) is 0.292. The average molecular weight is 417 g/mol. The third-order valence-electron chi connectivity index (χ3n) is 5.94. The number of rotatable bonds is 5. The van der Waals surface area contributed by atoms with Gasteiger partial charge in [-0.1, -0.05) is 30.3 Å². The van der Waals surface area contributed by atoms with Crippen LogP contribution in [0.2, 0.25) is 0 Å². The van der Waals surface area contributed by atoms with Crippen molar-refractivity contribution in [2.45, 2.75) is 45.3 Å². The second-order valence-corrected chi connectivity index (χ2v) is 9.01. The van der Waals surface area contributed by atoms with E-state index in [0.717, 1.165) is 41.7 Å². The molecule has 1 aromatic carbocycles. The highest BCUT2D eigenvalue weighted by molar-refractivity contribution is 7.18. The van der Waals surface area contributed by atoms with Gasteiger partial charge >= 0.3 is 0 Å². The number of aryl methyl sites for hydroxylation is 2. The molecule has 0 unspecified atom stereocenters. The number of pyridine rings is 1. The van der Waals surface area contributed by atoms with Crippen LogP contribution in [0.1, 0.15) is 33.7 Å². The number of aromatic nitrogens is 3. The maximum absolute atomic E-state index is 13.2. The van der Waals surface area contributed by atoms with Crippen LogP contribution < -0.4 is 10.9 Å². The number of thiophene rings is 1. The second kappa shape index (κ2) is 8.13. The molecule has 6 heteroatoms. The molecule has 1 atom stereocenters. The predicted molar refractivity (Wildman–Crippen MR) is 121 cm³/mol. The largest absolute Gasteiger partial charge is 0.310 e. The summed E-state index contributed by atoms with van der Waals surface area (Å²) in [7, 11) is 0. The Hall–Kier alpha value is -2.83. The Kier molecular flexibility index (Phi) is 5.19. The van der Waals surface area contributed by atoms with Crippen molar-refractivity contribution in [2.24, 2.45) is 0 Å². The highest BCUT2D eigenvalue weighted by Crippen LogP contribution is 2.33. The van der Waals surface area contributed by atoms with Crippen molar-refractivity contribution >= 4 is 21.6 Å². The molecule has 0 saturated carbocycles. The zero-order valence-electron chi connectivity index (χ0n) is 17.0. The number of nitrogens with one attached hydrogen (secondary N) is 1. The summed E-state index contributed by atoms with van der Waals surface area (Å²) in [6.45, 7) is 3.49. The summed E-state index contributed by atoms with van der Waals surface area (Å²) in [5.74, 6) is 0. The molecule has 3 aromatic heterocycles. The predicted octanol–water partition coefficient (Wildman–Crippen LogP) is 3.86.